The molecule has 0 saturated carbocycles. The Morgan fingerprint density at radius 1 is 1.29 bits per heavy atom. The molecule has 0 atom stereocenters. The predicted molar refractivity (Wildman–Crippen MR) is 77.3 cm³/mol. The lowest BCUT2D eigenvalue weighted by atomic mass is 10.3. The van der Waals surface area contributed by atoms with Crippen molar-refractivity contribution in [2.45, 2.75) is 6.54 Å². The zero-order chi connectivity index (χ0) is 15.0. The summed E-state index contributed by atoms with van der Waals surface area (Å²) < 4.78 is 2.68. The van der Waals surface area contributed by atoms with Gasteiger partial charge in [-0.2, -0.15) is 5.10 Å². The van der Waals surface area contributed by atoms with E-state index in [1.165, 1.54) is 17.2 Å². The van der Waals surface area contributed by atoms with Crippen LogP contribution in [0.1, 0.15) is 0 Å². The van der Waals surface area contributed by atoms with Gasteiger partial charge in [-0.25, -0.2) is 9.67 Å². The van der Waals surface area contributed by atoms with Crippen LogP contribution < -0.4 is 11.3 Å². The van der Waals surface area contributed by atoms with Crippen LogP contribution in [0.2, 0.25) is 5.02 Å². The van der Waals surface area contributed by atoms with E-state index in [1.54, 1.807) is 24.3 Å². The Labute approximate surface area is 123 Å². The Balaban J connectivity index is 2.15. The maximum absolute atomic E-state index is 12.2. The fourth-order valence-corrected chi connectivity index (χ4v) is 2.13. The minimum absolute atomic E-state index is 0.214. The fraction of sp³-hybridized carbons (Fsp3) is 0.0769. The zero-order valence-electron chi connectivity index (χ0n) is 10.7. The fourth-order valence-electron chi connectivity index (χ4n) is 2.00. The highest BCUT2D eigenvalue weighted by Crippen LogP contribution is 2.16. The number of hydrogen-bond acceptors (Lipinski definition) is 4. The van der Waals surface area contributed by atoms with Gasteiger partial charge in [-0.1, -0.05) is 11.6 Å². The predicted octanol–water partition coefficient (Wildman–Crippen LogP) is 0.721. The standard InChI is InChI=1S/C13H10ClN5O2/c14-8-1-3-9(4-2-8)19-12-10(5-17-19)13(21)18(7-16-12)6-11(15)20/h1-5,7H,6H2,(H2,15,20). The van der Waals surface area contributed by atoms with E-state index in [0.29, 0.717) is 16.1 Å². The van der Waals surface area contributed by atoms with Crippen LogP contribution in [0.25, 0.3) is 16.7 Å². The normalized spacial score (nSPS) is 10.9. The molecule has 1 aromatic carbocycles. The lowest BCUT2D eigenvalue weighted by Crippen LogP contribution is -2.28. The highest BCUT2D eigenvalue weighted by molar-refractivity contribution is 6.30. The van der Waals surface area contributed by atoms with Crippen LogP contribution in [-0.4, -0.2) is 25.2 Å². The van der Waals surface area contributed by atoms with Crippen LogP contribution in [0.15, 0.2) is 41.6 Å². The molecule has 0 spiro atoms. The Hall–Kier alpha value is -2.67. The van der Waals surface area contributed by atoms with Gasteiger partial charge in [0.1, 0.15) is 18.3 Å². The van der Waals surface area contributed by atoms with Crippen LogP contribution in [0, 0.1) is 0 Å². The van der Waals surface area contributed by atoms with E-state index in [0.717, 1.165) is 10.3 Å². The number of fused-ring (bicyclic) bond motifs is 1. The highest BCUT2D eigenvalue weighted by atomic mass is 35.5. The molecule has 0 aliphatic heterocycles. The molecular weight excluding hydrogens is 294 g/mol. The summed E-state index contributed by atoms with van der Waals surface area (Å²) >= 11 is 5.84. The topological polar surface area (TPSA) is 95.8 Å². The summed E-state index contributed by atoms with van der Waals surface area (Å²) in [6, 6.07) is 6.98. The third kappa shape index (κ3) is 2.38. The van der Waals surface area contributed by atoms with Crippen molar-refractivity contribution in [2.75, 3.05) is 0 Å². The van der Waals surface area contributed by atoms with Crippen LogP contribution in [0.5, 0.6) is 0 Å². The number of nitrogens with zero attached hydrogens (tertiary/aromatic N) is 4. The summed E-state index contributed by atoms with van der Waals surface area (Å²) in [7, 11) is 0. The molecule has 0 aliphatic carbocycles. The van der Waals surface area contributed by atoms with Gasteiger partial charge in [0.25, 0.3) is 5.56 Å². The molecule has 2 aromatic heterocycles. The van der Waals surface area contributed by atoms with Crippen LogP contribution in [0.4, 0.5) is 0 Å². The van der Waals surface area contributed by atoms with Gasteiger partial charge in [0.15, 0.2) is 5.65 Å². The number of amides is 1. The molecule has 0 radical (unpaired) electrons. The van der Waals surface area contributed by atoms with E-state index in [1.807, 2.05) is 0 Å². The number of hydrogen-bond donors (Lipinski definition) is 1. The minimum atomic E-state index is -0.608. The SMILES string of the molecule is NC(=O)Cn1cnc2c(cnn2-c2ccc(Cl)cc2)c1=O. The summed E-state index contributed by atoms with van der Waals surface area (Å²) in [5.41, 5.74) is 5.86. The van der Waals surface area contributed by atoms with Crippen molar-refractivity contribution in [3.63, 3.8) is 0 Å². The first-order chi connectivity index (χ1) is 10.1. The van der Waals surface area contributed by atoms with E-state index in [4.69, 9.17) is 17.3 Å². The first-order valence-corrected chi connectivity index (χ1v) is 6.41. The third-order valence-electron chi connectivity index (χ3n) is 2.95. The first-order valence-electron chi connectivity index (χ1n) is 6.03. The van der Waals surface area contributed by atoms with Crippen LogP contribution in [0.3, 0.4) is 0 Å². The number of aromatic nitrogens is 4. The highest BCUT2D eigenvalue weighted by Gasteiger charge is 2.12. The molecule has 0 bridgehead atoms. The molecule has 1 amide bonds. The smallest absolute Gasteiger partial charge is 0.264 e. The van der Waals surface area contributed by atoms with Gasteiger partial charge in [0.2, 0.25) is 5.91 Å². The van der Waals surface area contributed by atoms with Crippen molar-refractivity contribution < 1.29 is 4.79 Å². The largest absolute Gasteiger partial charge is 0.368 e. The maximum atomic E-state index is 12.2. The van der Waals surface area contributed by atoms with E-state index < -0.39 is 5.91 Å². The molecular formula is C13H10ClN5O2. The van der Waals surface area contributed by atoms with Gasteiger partial charge in [-0.05, 0) is 24.3 Å². The summed E-state index contributed by atoms with van der Waals surface area (Å²) in [4.78, 5) is 27.3. The van der Waals surface area contributed by atoms with E-state index >= 15 is 0 Å². The van der Waals surface area contributed by atoms with Crippen LogP contribution in [-0.2, 0) is 11.3 Å². The Bertz CT molecular complexity index is 882. The number of rotatable bonds is 3. The van der Waals surface area contributed by atoms with Crippen molar-refractivity contribution in [2.24, 2.45) is 5.73 Å². The maximum Gasteiger partial charge on any atom is 0.264 e. The Morgan fingerprint density at radius 3 is 2.67 bits per heavy atom. The van der Waals surface area contributed by atoms with E-state index in [2.05, 4.69) is 10.1 Å². The second kappa shape index (κ2) is 5.02. The molecule has 0 aliphatic rings. The summed E-state index contributed by atoms with van der Waals surface area (Å²) in [6.45, 7) is -0.214. The van der Waals surface area contributed by atoms with E-state index in [9.17, 15) is 9.59 Å². The number of nitrogens with two attached hydrogens (primary N) is 1. The van der Waals surface area contributed by atoms with E-state index in [-0.39, 0.29) is 12.1 Å². The second-order valence-corrected chi connectivity index (χ2v) is 4.85. The molecule has 21 heavy (non-hydrogen) atoms. The molecule has 0 saturated heterocycles. The lowest BCUT2D eigenvalue weighted by molar-refractivity contribution is -0.118. The minimum Gasteiger partial charge on any atom is -0.368 e. The number of carbonyl (C=O) groups excluding carboxylic acids is 1. The molecule has 2 N–H and O–H groups in total. The first kappa shape index (κ1) is 13.3. The zero-order valence-corrected chi connectivity index (χ0v) is 11.5. The van der Waals surface area contributed by atoms with Gasteiger partial charge < -0.3 is 5.73 Å². The van der Waals surface area contributed by atoms with Gasteiger partial charge >= 0.3 is 0 Å². The van der Waals surface area contributed by atoms with Crippen LogP contribution >= 0.6 is 11.6 Å². The van der Waals surface area contributed by atoms with Gasteiger partial charge in [0, 0.05) is 5.02 Å². The lowest BCUT2D eigenvalue weighted by Gasteiger charge is -2.04. The number of halogens is 1. The Kier molecular flexibility index (Phi) is 3.19. The molecule has 2 heterocycles. The van der Waals surface area contributed by atoms with Crippen molar-refractivity contribution in [1.29, 1.82) is 0 Å². The van der Waals surface area contributed by atoms with Gasteiger partial charge in [-0.15, -0.1) is 0 Å². The van der Waals surface area contributed by atoms with Gasteiger partial charge in [-0.3, -0.25) is 14.2 Å². The van der Waals surface area contributed by atoms with Crippen molar-refractivity contribution in [1.82, 2.24) is 19.3 Å². The van der Waals surface area contributed by atoms with Crippen molar-refractivity contribution >= 4 is 28.5 Å². The van der Waals surface area contributed by atoms with Crippen molar-refractivity contribution in [3.8, 4) is 5.69 Å². The molecule has 7 nitrogen and oxygen atoms in total. The molecule has 3 aromatic rings. The summed E-state index contributed by atoms with van der Waals surface area (Å²) in [5.74, 6) is -0.608. The second-order valence-electron chi connectivity index (χ2n) is 4.41. The average Bonchev–Trinajstić information content (AvgIpc) is 2.87. The third-order valence-corrected chi connectivity index (χ3v) is 3.20. The molecule has 3 rings (SSSR count). The summed E-state index contributed by atoms with van der Waals surface area (Å²) in [6.07, 6.45) is 2.69. The number of benzene rings is 1. The number of primary amides is 1. The Morgan fingerprint density at radius 2 is 2.00 bits per heavy atom. The molecule has 0 fully saturated rings. The number of carbonyl (C=O) groups is 1. The molecule has 0 unspecified atom stereocenters. The quantitative estimate of drug-likeness (QED) is 0.771. The molecule has 8 heteroatoms. The van der Waals surface area contributed by atoms with Crippen molar-refractivity contribution in [3.05, 3.63) is 52.2 Å². The summed E-state index contributed by atoms with van der Waals surface area (Å²) in [5, 5.41) is 5.08. The monoisotopic (exact) mass is 303 g/mol. The molecule has 106 valence electrons. The van der Waals surface area contributed by atoms with Gasteiger partial charge in [0.05, 0.1) is 11.9 Å². The average molecular weight is 304 g/mol.